The van der Waals surface area contributed by atoms with Crippen molar-refractivity contribution in [3.8, 4) is 0 Å². The molecule has 0 aromatic carbocycles. The van der Waals surface area contributed by atoms with E-state index in [9.17, 15) is 18.4 Å². The minimum Gasteiger partial charge on any atom is -0.476 e. The number of carboxylic acids is 1. The number of aromatic carboxylic acids is 1. The van der Waals surface area contributed by atoms with Crippen molar-refractivity contribution in [1.82, 2.24) is 19.7 Å². The van der Waals surface area contributed by atoms with Gasteiger partial charge in [0.05, 0.1) is 5.92 Å². The lowest BCUT2D eigenvalue weighted by atomic mass is 10.00. The number of oxazole rings is 1. The molecule has 1 N–H and O–H groups in total. The molecule has 10 heteroatoms. The quantitative estimate of drug-likeness (QED) is 0.904. The van der Waals surface area contributed by atoms with E-state index in [-0.39, 0.29) is 35.5 Å². The summed E-state index contributed by atoms with van der Waals surface area (Å²) in [6.07, 6.45) is 2.17. The van der Waals surface area contributed by atoms with Gasteiger partial charge in [-0.05, 0) is 6.07 Å². The number of likely N-dealkylation sites (tertiary alicyclic amines) is 1. The Hall–Kier alpha value is -2.78. The van der Waals surface area contributed by atoms with Gasteiger partial charge in [-0.25, -0.2) is 18.6 Å². The summed E-state index contributed by atoms with van der Waals surface area (Å²) in [7, 11) is 0. The third kappa shape index (κ3) is 2.34. The van der Waals surface area contributed by atoms with E-state index in [1.54, 1.807) is 0 Å². The van der Waals surface area contributed by atoms with Crippen LogP contribution in [0.15, 0.2) is 22.9 Å². The molecule has 1 aliphatic carbocycles. The van der Waals surface area contributed by atoms with Crippen LogP contribution in [0.25, 0.3) is 0 Å². The summed E-state index contributed by atoms with van der Waals surface area (Å²) in [6, 6.07) is 0.447. The molecule has 126 valence electrons. The van der Waals surface area contributed by atoms with Crippen LogP contribution in [-0.2, 0) is 0 Å². The maximum Gasteiger partial charge on any atom is 0.357 e. The van der Waals surface area contributed by atoms with Gasteiger partial charge in [0.1, 0.15) is 18.0 Å². The second-order valence-corrected chi connectivity index (χ2v) is 5.95. The average Bonchev–Trinajstić information content (AvgIpc) is 2.92. The van der Waals surface area contributed by atoms with E-state index in [0.717, 1.165) is 10.9 Å². The van der Waals surface area contributed by atoms with Gasteiger partial charge in [0, 0.05) is 25.7 Å². The molecule has 1 aliphatic heterocycles. The first-order valence-corrected chi connectivity index (χ1v) is 7.26. The minimum atomic E-state index is -2.75. The highest BCUT2D eigenvalue weighted by molar-refractivity contribution is 5.93. The molecule has 24 heavy (non-hydrogen) atoms. The van der Waals surface area contributed by atoms with E-state index in [1.807, 2.05) is 0 Å². The van der Waals surface area contributed by atoms with Crippen LogP contribution in [0.5, 0.6) is 0 Å². The van der Waals surface area contributed by atoms with Gasteiger partial charge in [-0.2, -0.15) is 5.10 Å². The molecule has 4 rings (SSSR count). The van der Waals surface area contributed by atoms with E-state index in [2.05, 4.69) is 10.1 Å². The molecule has 3 heterocycles. The Morgan fingerprint density at radius 1 is 1.33 bits per heavy atom. The van der Waals surface area contributed by atoms with E-state index >= 15 is 0 Å². The fraction of sp³-hybridized carbons (Fsp3) is 0.429. The summed E-state index contributed by atoms with van der Waals surface area (Å²) in [4.78, 5) is 28.3. The second-order valence-electron chi connectivity index (χ2n) is 5.95. The van der Waals surface area contributed by atoms with Crippen LogP contribution in [0, 0.1) is 0 Å². The number of halogens is 2. The van der Waals surface area contributed by atoms with E-state index < -0.39 is 17.9 Å². The van der Waals surface area contributed by atoms with Crippen molar-refractivity contribution in [2.75, 3.05) is 13.1 Å². The molecule has 1 unspecified atom stereocenters. The molecule has 1 saturated carbocycles. The van der Waals surface area contributed by atoms with Crippen molar-refractivity contribution >= 4 is 11.9 Å². The number of nitrogens with zero attached hydrogens (tertiary/aromatic N) is 4. The summed E-state index contributed by atoms with van der Waals surface area (Å²) in [6.45, 7) is 0.621. The molecule has 8 nitrogen and oxygen atoms in total. The van der Waals surface area contributed by atoms with Crippen LogP contribution in [0.1, 0.15) is 45.2 Å². The predicted octanol–water partition coefficient (Wildman–Crippen LogP) is 1.39. The first kappa shape index (κ1) is 14.8. The molecule has 1 amide bonds. The first-order valence-electron chi connectivity index (χ1n) is 7.26. The molecular formula is C14H12F2N4O4. The molecule has 0 radical (unpaired) electrons. The number of aromatic nitrogens is 3. The number of hydrogen-bond donors (Lipinski definition) is 1. The number of carboxylic acid groups (broad SMARTS) is 1. The highest BCUT2D eigenvalue weighted by Crippen LogP contribution is 2.52. The number of alkyl halides is 2. The van der Waals surface area contributed by atoms with Crippen molar-refractivity contribution in [1.29, 1.82) is 0 Å². The molecule has 0 bridgehead atoms. The molecular weight excluding hydrogens is 326 g/mol. The van der Waals surface area contributed by atoms with Crippen molar-refractivity contribution in [3.05, 3.63) is 35.8 Å². The van der Waals surface area contributed by atoms with Gasteiger partial charge in [-0.3, -0.25) is 9.48 Å². The molecule has 1 saturated heterocycles. The highest BCUT2D eigenvalue weighted by atomic mass is 19.3. The van der Waals surface area contributed by atoms with Crippen LogP contribution in [-0.4, -0.2) is 55.7 Å². The van der Waals surface area contributed by atoms with Gasteiger partial charge in [0.2, 0.25) is 5.89 Å². The SMILES string of the molecule is O=C(O)c1coc(C2CN(C(=O)c3ccn(C4CC4(F)F)n3)C2)n1. The van der Waals surface area contributed by atoms with Gasteiger partial charge in [-0.15, -0.1) is 0 Å². The topological polar surface area (TPSA) is 101 Å². The fourth-order valence-corrected chi connectivity index (χ4v) is 2.65. The van der Waals surface area contributed by atoms with Crippen molar-refractivity contribution in [2.24, 2.45) is 0 Å². The summed E-state index contributed by atoms with van der Waals surface area (Å²) < 4.78 is 32.2. The zero-order valence-electron chi connectivity index (χ0n) is 12.2. The second kappa shape index (κ2) is 4.86. The summed E-state index contributed by atoms with van der Waals surface area (Å²) in [5.74, 6) is -4.21. The summed E-state index contributed by atoms with van der Waals surface area (Å²) in [5, 5.41) is 12.7. The Bertz CT molecular complexity index is 824. The van der Waals surface area contributed by atoms with E-state index in [0.29, 0.717) is 13.1 Å². The van der Waals surface area contributed by atoms with Crippen molar-refractivity contribution in [3.63, 3.8) is 0 Å². The highest BCUT2D eigenvalue weighted by Gasteiger charge is 2.59. The average molecular weight is 338 g/mol. The number of hydrogen-bond acceptors (Lipinski definition) is 5. The summed E-state index contributed by atoms with van der Waals surface area (Å²) >= 11 is 0. The molecule has 2 aromatic rings. The van der Waals surface area contributed by atoms with Gasteiger partial charge in [-0.1, -0.05) is 0 Å². The van der Waals surface area contributed by atoms with Gasteiger partial charge >= 0.3 is 5.97 Å². The molecule has 1 atom stereocenters. The third-order valence-corrected chi connectivity index (χ3v) is 4.20. The zero-order valence-corrected chi connectivity index (χ0v) is 12.2. The van der Waals surface area contributed by atoms with Crippen LogP contribution in [0.2, 0.25) is 0 Å². The maximum absolute atomic E-state index is 13.0. The third-order valence-electron chi connectivity index (χ3n) is 4.20. The molecule has 2 aliphatic rings. The molecule has 2 aromatic heterocycles. The molecule has 2 fully saturated rings. The van der Waals surface area contributed by atoms with E-state index in [1.165, 1.54) is 17.2 Å². The van der Waals surface area contributed by atoms with Gasteiger partial charge < -0.3 is 14.4 Å². The molecule has 0 spiro atoms. The number of carbonyl (C=O) groups excluding carboxylic acids is 1. The van der Waals surface area contributed by atoms with Crippen molar-refractivity contribution in [2.45, 2.75) is 24.3 Å². The maximum atomic E-state index is 13.0. The van der Waals surface area contributed by atoms with Gasteiger partial charge in [0.25, 0.3) is 11.8 Å². The smallest absolute Gasteiger partial charge is 0.357 e. The van der Waals surface area contributed by atoms with Crippen LogP contribution in [0.3, 0.4) is 0 Å². The summed E-state index contributed by atoms with van der Waals surface area (Å²) in [5.41, 5.74) is -0.0753. The Balaban J connectivity index is 1.38. The predicted molar refractivity (Wildman–Crippen MR) is 72.9 cm³/mol. The number of amides is 1. The Morgan fingerprint density at radius 3 is 2.62 bits per heavy atom. The normalized spacial score (nSPS) is 22.2. The lowest BCUT2D eigenvalue weighted by molar-refractivity contribution is 0.0565. The monoisotopic (exact) mass is 338 g/mol. The lowest BCUT2D eigenvalue weighted by Crippen LogP contribution is -2.48. The van der Waals surface area contributed by atoms with Crippen molar-refractivity contribution < 1.29 is 27.9 Å². The van der Waals surface area contributed by atoms with Crippen LogP contribution < -0.4 is 0 Å². The van der Waals surface area contributed by atoms with Gasteiger partial charge in [0.15, 0.2) is 5.69 Å². The fourth-order valence-electron chi connectivity index (χ4n) is 2.65. The van der Waals surface area contributed by atoms with E-state index in [4.69, 9.17) is 9.52 Å². The standard InChI is InChI=1S/C14H12F2N4O4/c15-14(16)3-10(14)20-2-1-8(18-20)12(21)19-4-7(5-19)11-17-9(6-24-11)13(22)23/h1-2,6-7,10H,3-5H2,(H,22,23). The van der Waals surface area contributed by atoms with Crippen LogP contribution in [0.4, 0.5) is 8.78 Å². The number of carbonyl (C=O) groups is 2. The largest absolute Gasteiger partial charge is 0.476 e. The Labute approximate surface area is 133 Å². The minimum absolute atomic E-state index is 0.106. The lowest BCUT2D eigenvalue weighted by Gasteiger charge is -2.36. The van der Waals surface area contributed by atoms with Crippen LogP contribution >= 0.6 is 0 Å². The number of rotatable bonds is 4. The Kier molecular flexibility index (Phi) is 2.99. The first-order chi connectivity index (χ1) is 11.3. The Morgan fingerprint density at radius 2 is 2.04 bits per heavy atom. The zero-order chi connectivity index (χ0) is 17.1.